The van der Waals surface area contributed by atoms with E-state index < -0.39 is 6.04 Å². The molecule has 0 radical (unpaired) electrons. The van der Waals surface area contributed by atoms with Crippen LogP contribution in [0.25, 0.3) is 17.0 Å². The van der Waals surface area contributed by atoms with Crippen molar-refractivity contribution in [3.63, 3.8) is 0 Å². The lowest BCUT2D eigenvalue weighted by molar-refractivity contribution is 0.244. The topological polar surface area (TPSA) is 71.3 Å². The Morgan fingerprint density at radius 2 is 1.79 bits per heavy atom. The van der Waals surface area contributed by atoms with Gasteiger partial charge in [0.1, 0.15) is 5.82 Å². The lowest BCUT2D eigenvalue weighted by atomic mass is 9.94. The van der Waals surface area contributed by atoms with Gasteiger partial charge in [0.25, 0.3) is 5.89 Å². The molecule has 1 atom stereocenters. The van der Waals surface area contributed by atoms with Crippen LogP contribution in [0.15, 0.2) is 89.1 Å². The Kier molecular flexibility index (Phi) is 5.40. The van der Waals surface area contributed by atoms with E-state index >= 15 is 0 Å². The number of benzene rings is 3. The van der Waals surface area contributed by atoms with Crippen LogP contribution >= 0.6 is 11.6 Å². The molecule has 1 aromatic heterocycles. The second-order valence-electron chi connectivity index (χ2n) is 7.54. The molecule has 0 bridgehead atoms. The van der Waals surface area contributed by atoms with Crippen LogP contribution in [-0.2, 0) is 0 Å². The van der Waals surface area contributed by atoms with Crippen LogP contribution in [0.4, 0.5) is 14.9 Å². The highest BCUT2D eigenvalue weighted by molar-refractivity contribution is 6.30. The number of aromatic nitrogens is 2. The first-order chi connectivity index (χ1) is 16.0. The van der Waals surface area contributed by atoms with Crippen LogP contribution in [0.5, 0.6) is 0 Å². The second kappa shape index (κ2) is 8.52. The third kappa shape index (κ3) is 3.99. The zero-order chi connectivity index (χ0) is 22.9. The number of amides is 2. The largest absolute Gasteiger partial charge is 0.334 e. The van der Waals surface area contributed by atoms with Crippen LogP contribution in [0.3, 0.4) is 0 Å². The molecule has 3 aromatic carbocycles. The molecule has 33 heavy (non-hydrogen) atoms. The van der Waals surface area contributed by atoms with E-state index in [2.05, 4.69) is 15.5 Å². The number of carbonyl (C=O) groups excluding carboxylic acids is 1. The maximum Gasteiger partial charge on any atom is 0.326 e. The molecule has 0 fully saturated rings. The van der Waals surface area contributed by atoms with Gasteiger partial charge in [-0.25, -0.2) is 9.18 Å². The van der Waals surface area contributed by atoms with Crippen molar-refractivity contribution in [1.29, 1.82) is 0 Å². The van der Waals surface area contributed by atoms with Crippen molar-refractivity contribution in [2.45, 2.75) is 13.0 Å². The standard InChI is InChI=1S/C25H18ClFN4O2/c1-15-21(24-29-23(30-33-24)16-10-12-19(27)13-11-16)22(17-6-5-7-18(26)14-17)28-25(32)31(15)20-8-3-2-4-9-20/h2-14,22H,1H3,(H,28,32). The summed E-state index contributed by atoms with van der Waals surface area (Å²) in [5.74, 6) is 0.214. The summed E-state index contributed by atoms with van der Waals surface area (Å²) in [6.07, 6.45) is 0. The molecule has 0 spiro atoms. The minimum atomic E-state index is -0.558. The van der Waals surface area contributed by atoms with E-state index in [1.165, 1.54) is 12.1 Å². The average Bonchev–Trinajstić information content (AvgIpc) is 3.29. The summed E-state index contributed by atoms with van der Waals surface area (Å²) in [5.41, 5.74) is 3.38. The predicted octanol–water partition coefficient (Wildman–Crippen LogP) is 6.23. The maximum atomic E-state index is 13.3. The summed E-state index contributed by atoms with van der Waals surface area (Å²) in [5, 5.41) is 7.67. The first kappa shape index (κ1) is 20.9. The molecule has 4 aromatic rings. The highest BCUT2D eigenvalue weighted by Crippen LogP contribution is 2.39. The Hall–Kier alpha value is -3.97. The summed E-state index contributed by atoms with van der Waals surface area (Å²) in [4.78, 5) is 19.3. The summed E-state index contributed by atoms with van der Waals surface area (Å²) in [6.45, 7) is 1.83. The Labute approximate surface area is 194 Å². The molecule has 0 aliphatic carbocycles. The highest BCUT2D eigenvalue weighted by Gasteiger charge is 2.36. The molecule has 1 aliphatic heterocycles. The number of para-hydroxylation sites is 1. The van der Waals surface area contributed by atoms with Gasteiger partial charge in [-0.05, 0) is 61.0 Å². The monoisotopic (exact) mass is 460 g/mol. The van der Waals surface area contributed by atoms with Crippen molar-refractivity contribution < 1.29 is 13.7 Å². The van der Waals surface area contributed by atoms with Crippen LogP contribution in [0.2, 0.25) is 5.02 Å². The highest BCUT2D eigenvalue weighted by atomic mass is 35.5. The van der Waals surface area contributed by atoms with E-state index in [-0.39, 0.29) is 17.7 Å². The van der Waals surface area contributed by atoms with Gasteiger partial charge >= 0.3 is 6.03 Å². The van der Waals surface area contributed by atoms with E-state index in [0.29, 0.717) is 33.4 Å². The molecule has 1 unspecified atom stereocenters. The first-order valence-electron chi connectivity index (χ1n) is 10.2. The molecule has 0 saturated heterocycles. The van der Waals surface area contributed by atoms with Crippen molar-refractivity contribution in [2.24, 2.45) is 0 Å². The molecule has 5 rings (SSSR count). The van der Waals surface area contributed by atoms with Gasteiger partial charge < -0.3 is 9.84 Å². The molecular formula is C25H18ClFN4O2. The summed E-state index contributed by atoms with van der Waals surface area (Å²) < 4.78 is 19.0. The van der Waals surface area contributed by atoms with Gasteiger partial charge in [0, 0.05) is 16.3 Å². The van der Waals surface area contributed by atoms with E-state index in [4.69, 9.17) is 16.1 Å². The fourth-order valence-corrected chi connectivity index (χ4v) is 4.09. The number of hydrogen-bond donors (Lipinski definition) is 1. The molecular weight excluding hydrogens is 443 g/mol. The molecule has 1 aliphatic rings. The van der Waals surface area contributed by atoms with E-state index in [1.807, 2.05) is 49.4 Å². The van der Waals surface area contributed by atoms with Gasteiger partial charge in [0.2, 0.25) is 5.82 Å². The lowest BCUT2D eigenvalue weighted by Gasteiger charge is -2.35. The van der Waals surface area contributed by atoms with Gasteiger partial charge in [0.15, 0.2) is 0 Å². The molecule has 2 heterocycles. The van der Waals surface area contributed by atoms with Gasteiger partial charge in [-0.1, -0.05) is 47.1 Å². The zero-order valence-corrected chi connectivity index (χ0v) is 18.3. The number of urea groups is 1. The van der Waals surface area contributed by atoms with Crippen molar-refractivity contribution in [3.05, 3.63) is 107 Å². The fourth-order valence-electron chi connectivity index (χ4n) is 3.89. The molecule has 8 heteroatoms. The Bertz CT molecular complexity index is 1350. The quantitative estimate of drug-likeness (QED) is 0.392. The zero-order valence-electron chi connectivity index (χ0n) is 17.5. The van der Waals surface area contributed by atoms with Crippen LogP contribution in [0.1, 0.15) is 24.4 Å². The van der Waals surface area contributed by atoms with Gasteiger partial charge in [0.05, 0.1) is 17.3 Å². The SMILES string of the molecule is CC1=C(c2nc(-c3ccc(F)cc3)no2)C(c2cccc(Cl)c2)NC(=O)N1c1ccccc1. The van der Waals surface area contributed by atoms with Gasteiger partial charge in [-0.15, -0.1) is 0 Å². The van der Waals surface area contributed by atoms with Crippen LogP contribution in [0, 0.1) is 5.82 Å². The third-order valence-electron chi connectivity index (χ3n) is 5.44. The molecule has 2 amide bonds. The molecule has 6 nitrogen and oxygen atoms in total. The fraction of sp³-hybridized carbons (Fsp3) is 0.0800. The third-order valence-corrected chi connectivity index (χ3v) is 5.68. The second-order valence-corrected chi connectivity index (χ2v) is 7.97. The average molecular weight is 461 g/mol. The number of carbonyl (C=O) groups is 1. The van der Waals surface area contributed by atoms with Crippen molar-refractivity contribution in [3.8, 4) is 11.4 Å². The summed E-state index contributed by atoms with van der Waals surface area (Å²) in [6, 6.07) is 21.5. The number of nitrogens with zero attached hydrogens (tertiary/aromatic N) is 3. The van der Waals surface area contributed by atoms with E-state index in [1.54, 1.807) is 29.2 Å². The molecule has 1 N–H and O–H groups in total. The van der Waals surface area contributed by atoms with E-state index in [0.717, 1.165) is 5.56 Å². The number of nitrogens with one attached hydrogen (secondary N) is 1. The molecule has 164 valence electrons. The summed E-state index contributed by atoms with van der Waals surface area (Å²) in [7, 11) is 0. The van der Waals surface area contributed by atoms with E-state index in [9.17, 15) is 9.18 Å². The van der Waals surface area contributed by atoms with Crippen molar-refractivity contribution in [1.82, 2.24) is 15.5 Å². The first-order valence-corrected chi connectivity index (χ1v) is 10.6. The predicted molar refractivity (Wildman–Crippen MR) is 124 cm³/mol. The minimum absolute atomic E-state index is 0.248. The molecule has 0 saturated carbocycles. The number of rotatable bonds is 4. The minimum Gasteiger partial charge on any atom is -0.334 e. The Morgan fingerprint density at radius 3 is 2.52 bits per heavy atom. The van der Waals surface area contributed by atoms with Crippen LogP contribution < -0.4 is 10.2 Å². The van der Waals surface area contributed by atoms with Gasteiger partial charge in [-0.2, -0.15) is 4.98 Å². The van der Waals surface area contributed by atoms with Crippen molar-refractivity contribution >= 4 is 28.9 Å². The number of hydrogen-bond acceptors (Lipinski definition) is 4. The van der Waals surface area contributed by atoms with Crippen molar-refractivity contribution in [2.75, 3.05) is 4.90 Å². The Balaban J connectivity index is 1.66. The summed E-state index contributed by atoms with van der Waals surface area (Å²) >= 11 is 6.23. The Morgan fingerprint density at radius 1 is 1.03 bits per heavy atom. The number of allylic oxidation sites excluding steroid dienone is 1. The van der Waals surface area contributed by atoms with Crippen LogP contribution in [-0.4, -0.2) is 16.2 Å². The van der Waals surface area contributed by atoms with Gasteiger partial charge in [-0.3, -0.25) is 4.90 Å². The number of anilines is 1. The normalized spacial score (nSPS) is 16.2. The smallest absolute Gasteiger partial charge is 0.326 e. The maximum absolute atomic E-state index is 13.3. The lowest BCUT2D eigenvalue weighted by Crippen LogP contribution is -2.46. The number of halogens is 2.